The summed E-state index contributed by atoms with van der Waals surface area (Å²) >= 11 is 0. The summed E-state index contributed by atoms with van der Waals surface area (Å²) in [6.07, 6.45) is 5.93. The average molecular weight is 300 g/mol. The first-order valence-electron chi connectivity index (χ1n) is 7.15. The number of carbonyl (C=O) groups is 1. The fourth-order valence-corrected chi connectivity index (χ4v) is 1.89. The molecular formula is C16H20N4O2. The second kappa shape index (κ2) is 8.74. The van der Waals surface area contributed by atoms with Crippen LogP contribution < -0.4 is 10.6 Å². The van der Waals surface area contributed by atoms with E-state index in [-0.39, 0.29) is 5.91 Å². The van der Waals surface area contributed by atoms with Gasteiger partial charge < -0.3 is 15.4 Å². The number of ether oxygens (including phenoxy) is 1. The first kappa shape index (κ1) is 15.9. The van der Waals surface area contributed by atoms with Crippen LogP contribution in [0, 0.1) is 0 Å². The number of nitrogens with zero attached hydrogens (tertiary/aromatic N) is 2. The van der Waals surface area contributed by atoms with E-state index in [2.05, 4.69) is 20.6 Å². The van der Waals surface area contributed by atoms with Crippen molar-refractivity contribution in [3.63, 3.8) is 0 Å². The first-order chi connectivity index (χ1) is 10.8. The molecule has 0 radical (unpaired) electrons. The molecule has 2 heterocycles. The van der Waals surface area contributed by atoms with Crippen molar-refractivity contribution < 1.29 is 9.53 Å². The Labute approximate surface area is 129 Å². The number of rotatable bonds is 8. The van der Waals surface area contributed by atoms with E-state index in [1.807, 2.05) is 18.2 Å². The van der Waals surface area contributed by atoms with Gasteiger partial charge in [0.1, 0.15) is 5.69 Å². The average Bonchev–Trinajstić information content (AvgIpc) is 2.58. The van der Waals surface area contributed by atoms with Gasteiger partial charge in [0.05, 0.1) is 0 Å². The van der Waals surface area contributed by atoms with E-state index in [0.717, 1.165) is 24.2 Å². The zero-order chi connectivity index (χ0) is 15.6. The van der Waals surface area contributed by atoms with Gasteiger partial charge in [-0.25, -0.2) is 0 Å². The lowest BCUT2D eigenvalue weighted by Gasteiger charge is -2.08. The zero-order valence-electron chi connectivity index (χ0n) is 12.6. The van der Waals surface area contributed by atoms with Gasteiger partial charge in [-0.3, -0.25) is 14.8 Å². The lowest BCUT2D eigenvalue weighted by molar-refractivity contribution is 0.0946. The summed E-state index contributed by atoms with van der Waals surface area (Å²) in [7, 11) is 1.68. The monoisotopic (exact) mass is 300 g/mol. The van der Waals surface area contributed by atoms with Crippen LogP contribution in [0.1, 0.15) is 22.5 Å². The van der Waals surface area contributed by atoms with Crippen LogP contribution in [0.5, 0.6) is 0 Å². The minimum Gasteiger partial charge on any atom is -0.385 e. The number of nitrogens with one attached hydrogen (secondary N) is 2. The summed E-state index contributed by atoms with van der Waals surface area (Å²) in [4.78, 5) is 20.2. The van der Waals surface area contributed by atoms with Crippen LogP contribution in [0.3, 0.4) is 0 Å². The van der Waals surface area contributed by atoms with E-state index in [0.29, 0.717) is 18.8 Å². The summed E-state index contributed by atoms with van der Waals surface area (Å²) in [5.74, 6) is -0.197. The largest absolute Gasteiger partial charge is 0.385 e. The molecule has 0 saturated heterocycles. The van der Waals surface area contributed by atoms with E-state index in [4.69, 9.17) is 4.74 Å². The van der Waals surface area contributed by atoms with Crippen LogP contribution in [0.15, 0.2) is 42.9 Å². The number of hydrogen-bond donors (Lipinski definition) is 2. The summed E-state index contributed by atoms with van der Waals surface area (Å²) in [5.41, 5.74) is 2.27. The molecule has 116 valence electrons. The van der Waals surface area contributed by atoms with Crippen LogP contribution in [0.25, 0.3) is 0 Å². The van der Waals surface area contributed by atoms with Crippen LogP contribution in [0.2, 0.25) is 0 Å². The molecule has 0 aromatic carbocycles. The summed E-state index contributed by atoms with van der Waals surface area (Å²) in [6.45, 7) is 1.95. The lowest BCUT2D eigenvalue weighted by atomic mass is 10.2. The third-order valence-corrected chi connectivity index (χ3v) is 3.05. The van der Waals surface area contributed by atoms with Crippen molar-refractivity contribution in [2.24, 2.45) is 0 Å². The lowest BCUT2D eigenvalue weighted by Crippen LogP contribution is -2.23. The number of methoxy groups -OCH3 is 1. The molecule has 0 aliphatic carbocycles. The van der Waals surface area contributed by atoms with Gasteiger partial charge in [-0.1, -0.05) is 0 Å². The Balaban J connectivity index is 1.86. The van der Waals surface area contributed by atoms with Crippen LogP contribution in [0.4, 0.5) is 5.69 Å². The molecule has 0 unspecified atom stereocenters. The Bertz CT molecular complexity index is 590. The summed E-state index contributed by atoms with van der Waals surface area (Å²) in [6, 6.07) is 7.31. The van der Waals surface area contributed by atoms with E-state index in [9.17, 15) is 4.79 Å². The highest BCUT2D eigenvalue weighted by molar-refractivity contribution is 5.93. The third-order valence-electron chi connectivity index (χ3n) is 3.05. The fourth-order valence-electron chi connectivity index (χ4n) is 1.89. The summed E-state index contributed by atoms with van der Waals surface area (Å²) in [5, 5.41) is 6.08. The Morgan fingerprint density at radius 1 is 1.23 bits per heavy atom. The molecule has 2 aromatic heterocycles. The van der Waals surface area contributed by atoms with Gasteiger partial charge in [0.25, 0.3) is 5.91 Å². The molecule has 2 rings (SSSR count). The van der Waals surface area contributed by atoms with Gasteiger partial charge in [-0.2, -0.15) is 0 Å². The number of amides is 1. The number of pyridine rings is 2. The second-order valence-corrected chi connectivity index (χ2v) is 4.74. The van der Waals surface area contributed by atoms with Gasteiger partial charge >= 0.3 is 0 Å². The molecular weight excluding hydrogens is 280 g/mol. The zero-order valence-corrected chi connectivity index (χ0v) is 12.6. The molecule has 2 N–H and O–H groups in total. The van der Waals surface area contributed by atoms with Gasteiger partial charge in [-0.05, 0) is 36.2 Å². The van der Waals surface area contributed by atoms with Crippen molar-refractivity contribution in [2.75, 3.05) is 25.6 Å². The Hall–Kier alpha value is -2.47. The molecule has 0 fully saturated rings. The molecule has 0 spiro atoms. The van der Waals surface area contributed by atoms with E-state index < -0.39 is 0 Å². The normalized spacial score (nSPS) is 10.2. The molecule has 0 atom stereocenters. The molecule has 6 heteroatoms. The second-order valence-electron chi connectivity index (χ2n) is 4.74. The Morgan fingerprint density at radius 2 is 2.05 bits per heavy atom. The minimum atomic E-state index is -0.197. The molecule has 2 aromatic rings. The number of hydrogen-bond acceptors (Lipinski definition) is 5. The highest BCUT2D eigenvalue weighted by atomic mass is 16.5. The number of carbonyl (C=O) groups excluding carboxylic acids is 1. The van der Waals surface area contributed by atoms with Crippen LogP contribution in [-0.4, -0.2) is 36.1 Å². The molecule has 0 saturated carbocycles. The number of anilines is 1. The quantitative estimate of drug-likeness (QED) is 0.728. The van der Waals surface area contributed by atoms with E-state index in [1.165, 1.54) is 0 Å². The van der Waals surface area contributed by atoms with E-state index in [1.54, 1.807) is 31.8 Å². The molecule has 6 nitrogen and oxygen atoms in total. The molecule has 0 aliphatic rings. The fraction of sp³-hybridized carbons (Fsp3) is 0.312. The van der Waals surface area contributed by atoms with Gasteiger partial charge in [0.15, 0.2) is 0 Å². The molecule has 0 aliphatic heterocycles. The predicted molar refractivity (Wildman–Crippen MR) is 84.6 cm³/mol. The van der Waals surface area contributed by atoms with Gasteiger partial charge in [-0.15, -0.1) is 0 Å². The Kier molecular flexibility index (Phi) is 6.32. The van der Waals surface area contributed by atoms with Crippen molar-refractivity contribution in [1.29, 1.82) is 0 Å². The van der Waals surface area contributed by atoms with Crippen molar-refractivity contribution in [2.45, 2.75) is 13.0 Å². The predicted octanol–water partition coefficient (Wildman–Crippen LogP) is 1.85. The van der Waals surface area contributed by atoms with E-state index >= 15 is 0 Å². The smallest absolute Gasteiger partial charge is 0.270 e. The minimum absolute atomic E-state index is 0.197. The molecule has 0 bridgehead atoms. The van der Waals surface area contributed by atoms with Crippen molar-refractivity contribution in [3.05, 3.63) is 54.1 Å². The highest BCUT2D eigenvalue weighted by Gasteiger charge is 2.07. The van der Waals surface area contributed by atoms with Crippen LogP contribution in [-0.2, 0) is 11.3 Å². The molecule has 22 heavy (non-hydrogen) atoms. The maximum atomic E-state index is 12.1. The maximum absolute atomic E-state index is 12.1. The van der Waals surface area contributed by atoms with Crippen molar-refractivity contribution in [3.8, 4) is 0 Å². The molecule has 1 amide bonds. The maximum Gasteiger partial charge on any atom is 0.270 e. The van der Waals surface area contributed by atoms with Gasteiger partial charge in [0, 0.05) is 51.1 Å². The highest BCUT2D eigenvalue weighted by Crippen LogP contribution is 2.08. The number of aromatic nitrogens is 2. The Morgan fingerprint density at radius 3 is 2.82 bits per heavy atom. The topological polar surface area (TPSA) is 76.1 Å². The summed E-state index contributed by atoms with van der Waals surface area (Å²) < 4.78 is 4.99. The first-order valence-corrected chi connectivity index (χ1v) is 7.15. The van der Waals surface area contributed by atoms with Gasteiger partial charge in [0.2, 0.25) is 0 Å². The van der Waals surface area contributed by atoms with Crippen molar-refractivity contribution in [1.82, 2.24) is 15.3 Å². The standard InChI is InChI=1S/C16H20N4O2/c1-22-10-2-6-18-14-5-9-19-15(11-14)16(21)20-12-13-3-7-17-8-4-13/h3-5,7-9,11H,2,6,10,12H2,1H3,(H,18,19)(H,20,21). The van der Waals surface area contributed by atoms with Crippen LogP contribution >= 0.6 is 0 Å². The SMILES string of the molecule is COCCCNc1ccnc(C(=O)NCc2ccncc2)c1. The third kappa shape index (κ3) is 5.14. The van der Waals surface area contributed by atoms with Crippen molar-refractivity contribution >= 4 is 11.6 Å².